The number of likely N-dealkylation sites (tertiary alicyclic amines) is 1. The number of hydrogen-bond acceptors (Lipinski definition) is 3. The lowest BCUT2D eigenvalue weighted by Gasteiger charge is -2.34. The van der Waals surface area contributed by atoms with E-state index >= 15 is 0 Å². The van der Waals surface area contributed by atoms with Crippen LogP contribution >= 0.6 is 0 Å². The minimum Gasteiger partial charge on any atom is -0.378 e. The SMILES string of the molecule is CN(C)c1cccc(C(=O)NC2CCN(C(=O)NC(C)(C)C)CC2)c1. The summed E-state index contributed by atoms with van der Waals surface area (Å²) in [6.45, 7) is 7.23. The van der Waals surface area contributed by atoms with Crippen LogP contribution in [0.15, 0.2) is 24.3 Å². The summed E-state index contributed by atoms with van der Waals surface area (Å²) < 4.78 is 0. The maximum atomic E-state index is 12.5. The molecule has 1 aromatic carbocycles. The molecule has 0 radical (unpaired) electrons. The normalized spacial score (nSPS) is 15.6. The molecule has 0 saturated carbocycles. The first-order valence-corrected chi connectivity index (χ1v) is 8.81. The maximum Gasteiger partial charge on any atom is 0.317 e. The van der Waals surface area contributed by atoms with Crippen molar-refractivity contribution in [1.29, 1.82) is 0 Å². The molecule has 0 atom stereocenters. The van der Waals surface area contributed by atoms with Crippen molar-refractivity contribution in [3.05, 3.63) is 29.8 Å². The summed E-state index contributed by atoms with van der Waals surface area (Å²) in [4.78, 5) is 28.5. The topological polar surface area (TPSA) is 64.7 Å². The second-order valence-corrected chi connectivity index (χ2v) is 7.86. The molecular weight excluding hydrogens is 316 g/mol. The van der Waals surface area contributed by atoms with Crippen LogP contribution in [0.1, 0.15) is 44.0 Å². The van der Waals surface area contributed by atoms with Crippen molar-refractivity contribution in [1.82, 2.24) is 15.5 Å². The molecule has 1 fully saturated rings. The van der Waals surface area contributed by atoms with Crippen LogP contribution in [0.3, 0.4) is 0 Å². The Morgan fingerprint density at radius 1 is 1.16 bits per heavy atom. The summed E-state index contributed by atoms with van der Waals surface area (Å²) in [7, 11) is 3.91. The summed E-state index contributed by atoms with van der Waals surface area (Å²) in [6, 6.07) is 7.66. The smallest absolute Gasteiger partial charge is 0.317 e. The van der Waals surface area contributed by atoms with Crippen molar-refractivity contribution < 1.29 is 9.59 Å². The third-order valence-electron chi connectivity index (χ3n) is 4.22. The van der Waals surface area contributed by atoms with Gasteiger partial charge < -0.3 is 20.4 Å². The molecule has 3 amide bonds. The highest BCUT2D eigenvalue weighted by Gasteiger charge is 2.26. The van der Waals surface area contributed by atoms with Crippen molar-refractivity contribution in [2.24, 2.45) is 0 Å². The van der Waals surface area contributed by atoms with E-state index in [-0.39, 0.29) is 23.5 Å². The zero-order chi connectivity index (χ0) is 18.6. The molecule has 1 aliphatic rings. The van der Waals surface area contributed by atoms with Crippen LogP contribution in [0, 0.1) is 0 Å². The standard InChI is InChI=1S/C19H30N4O2/c1-19(2,3)21-18(25)23-11-9-15(10-12-23)20-17(24)14-7-6-8-16(13-14)22(4)5/h6-8,13,15H,9-12H2,1-5H3,(H,20,24)(H,21,25). The lowest BCUT2D eigenvalue weighted by Crippen LogP contribution is -2.53. The van der Waals surface area contributed by atoms with Crippen LogP contribution in [0.25, 0.3) is 0 Å². The summed E-state index contributed by atoms with van der Waals surface area (Å²) in [5, 5.41) is 6.08. The molecule has 2 rings (SSSR count). The number of carbonyl (C=O) groups is 2. The Hall–Kier alpha value is -2.24. The molecule has 0 unspecified atom stereocenters. The quantitative estimate of drug-likeness (QED) is 0.884. The van der Waals surface area contributed by atoms with Gasteiger partial charge in [-0.15, -0.1) is 0 Å². The summed E-state index contributed by atoms with van der Waals surface area (Å²) >= 11 is 0. The van der Waals surface area contributed by atoms with Gasteiger partial charge in [-0.25, -0.2) is 4.79 Å². The van der Waals surface area contributed by atoms with E-state index in [9.17, 15) is 9.59 Å². The molecule has 1 aromatic rings. The minimum atomic E-state index is -0.237. The Kier molecular flexibility index (Phi) is 5.93. The van der Waals surface area contributed by atoms with E-state index in [0.29, 0.717) is 18.7 Å². The summed E-state index contributed by atoms with van der Waals surface area (Å²) in [5.74, 6) is -0.0544. The van der Waals surface area contributed by atoms with Crippen LogP contribution in [0.2, 0.25) is 0 Å². The molecule has 6 nitrogen and oxygen atoms in total. The lowest BCUT2D eigenvalue weighted by molar-refractivity contribution is 0.0917. The highest BCUT2D eigenvalue weighted by atomic mass is 16.2. The average Bonchev–Trinajstić information content (AvgIpc) is 2.54. The Balaban J connectivity index is 1.86. The van der Waals surface area contributed by atoms with Gasteiger partial charge in [0, 0.05) is 50.0 Å². The maximum absolute atomic E-state index is 12.5. The van der Waals surface area contributed by atoms with E-state index in [0.717, 1.165) is 18.5 Å². The predicted molar refractivity (Wildman–Crippen MR) is 101 cm³/mol. The molecule has 0 aromatic heterocycles. The molecule has 0 aliphatic carbocycles. The minimum absolute atomic E-state index is 0.0315. The molecular formula is C19H30N4O2. The molecule has 1 heterocycles. The van der Waals surface area contributed by atoms with Crippen molar-refractivity contribution >= 4 is 17.6 Å². The Morgan fingerprint density at radius 2 is 1.80 bits per heavy atom. The Morgan fingerprint density at radius 3 is 2.36 bits per heavy atom. The lowest BCUT2D eigenvalue weighted by atomic mass is 10.0. The Bertz CT molecular complexity index is 614. The number of nitrogens with zero attached hydrogens (tertiary/aromatic N) is 2. The van der Waals surface area contributed by atoms with E-state index in [1.54, 1.807) is 0 Å². The first-order valence-electron chi connectivity index (χ1n) is 8.81. The van der Waals surface area contributed by atoms with Gasteiger partial charge in [0.25, 0.3) is 5.91 Å². The molecule has 1 saturated heterocycles. The van der Waals surface area contributed by atoms with Gasteiger partial charge in [-0.05, 0) is 51.8 Å². The highest BCUT2D eigenvalue weighted by molar-refractivity contribution is 5.95. The molecule has 0 spiro atoms. The first-order chi connectivity index (χ1) is 11.7. The molecule has 0 bridgehead atoms. The average molecular weight is 346 g/mol. The zero-order valence-corrected chi connectivity index (χ0v) is 15.9. The largest absolute Gasteiger partial charge is 0.378 e. The fourth-order valence-corrected chi connectivity index (χ4v) is 2.82. The van der Waals surface area contributed by atoms with Gasteiger partial charge in [0.1, 0.15) is 0 Å². The van der Waals surface area contributed by atoms with Crippen molar-refractivity contribution in [3.63, 3.8) is 0 Å². The van der Waals surface area contributed by atoms with Gasteiger partial charge in [0.2, 0.25) is 0 Å². The van der Waals surface area contributed by atoms with E-state index in [2.05, 4.69) is 10.6 Å². The molecule has 138 valence electrons. The Labute approximate surface area is 150 Å². The fourth-order valence-electron chi connectivity index (χ4n) is 2.82. The third-order valence-corrected chi connectivity index (χ3v) is 4.22. The van der Waals surface area contributed by atoms with Crippen LogP contribution in [-0.4, -0.2) is 55.6 Å². The van der Waals surface area contributed by atoms with Gasteiger partial charge in [-0.1, -0.05) is 6.07 Å². The molecule has 25 heavy (non-hydrogen) atoms. The number of amides is 3. The van der Waals surface area contributed by atoms with Gasteiger partial charge in [-0.2, -0.15) is 0 Å². The van der Waals surface area contributed by atoms with E-state index in [4.69, 9.17) is 0 Å². The number of urea groups is 1. The summed E-state index contributed by atoms with van der Waals surface area (Å²) in [6.07, 6.45) is 1.55. The van der Waals surface area contributed by atoms with Crippen molar-refractivity contribution in [2.75, 3.05) is 32.1 Å². The van der Waals surface area contributed by atoms with Crippen LogP contribution in [-0.2, 0) is 0 Å². The first kappa shape index (κ1) is 19.1. The van der Waals surface area contributed by atoms with Crippen LogP contribution < -0.4 is 15.5 Å². The number of rotatable bonds is 3. The van der Waals surface area contributed by atoms with Crippen LogP contribution in [0.4, 0.5) is 10.5 Å². The number of hydrogen-bond donors (Lipinski definition) is 2. The molecule has 1 aliphatic heterocycles. The molecule has 2 N–H and O–H groups in total. The fraction of sp³-hybridized carbons (Fsp3) is 0.579. The second-order valence-electron chi connectivity index (χ2n) is 7.86. The van der Waals surface area contributed by atoms with E-state index in [1.165, 1.54) is 0 Å². The van der Waals surface area contributed by atoms with Crippen molar-refractivity contribution in [3.8, 4) is 0 Å². The van der Waals surface area contributed by atoms with Crippen molar-refractivity contribution in [2.45, 2.75) is 45.2 Å². The molecule has 6 heteroatoms. The van der Waals surface area contributed by atoms with Gasteiger partial charge in [0.15, 0.2) is 0 Å². The van der Waals surface area contributed by atoms with Crippen LogP contribution in [0.5, 0.6) is 0 Å². The van der Waals surface area contributed by atoms with E-state index < -0.39 is 0 Å². The number of piperidine rings is 1. The number of anilines is 1. The number of benzene rings is 1. The van der Waals surface area contributed by atoms with E-state index in [1.807, 2.05) is 68.9 Å². The number of carbonyl (C=O) groups excluding carboxylic acids is 2. The summed E-state index contributed by atoms with van der Waals surface area (Å²) in [5.41, 5.74) is 1.43. The number of nitrogens with one attached hydrogen (secondary N) is 2. The highest BCUT2D eigenvalue weighted by Crippen LogP contribution is 2.16. The third kappa shape index (κ3) is 5.66. The second kappa shape index (κ2) is 7.76. The monoisotopic (exact) mass is 346 g/mol. The van der Waals surface area contributed by atoms with Gasteiger partial charge in [-0.3, -0.25) is 4.79 Å². The van der Waals surface area contributed by atoms with Gasteiger partial charge >= 0.3 is 6.03 Å². The van der Waals surface area contributed by atoms with Gasteiger partial charge in [0.05, 0.1) is 0 Å². The predicted octanol–water partition coefficient (Wildman–Crippen LogP) is 2.45. The zero-order valence-electron chi connectivity index (χ0n) is 15.9.